The summed E-state index contributed by atoms with van der Waals surface area (Å²) in [5.74, 6) is 2.07. The summed E-state index contributed by atoms with van der Waals surface area (Å²) in [6, 6.07) is 8.44. The first-order valence-corrected chi connectivity index (χ1v) is 6.32. The fraction of sp³-hybridized carbons (Fsp3) is 0.538. The second kappa shape index (κ2) is 2.86. The predicted octanol–water partition coefficient (Wildman–Crippen LogP) is 3.26. The van der Waals surface area contributed by atoms with E-state index in [-0.39, 0.29) is 11.4 Å². The van der Waals surface area contributed by atoms with E-state index in [2.05, 4.69) is 29.4 Å². The summed E-state index contributed by atoms with van der Waals surface area (Å²) in [5, 5.41) is 3.23. The minimum absolute atomic E-state index is 0.0305. The minimum Gasteiger partial charge on any atom is -0.150 e. The van der Waals surface area contributed by atoms with E-state index in [4.69, 9.17) is 11.6 Å². The first-order chi connectivity index (χ1) is 7.83. The fourth-order valence-electron chi connectivity index (χ4n) is 4.32. The molecule has 0 amide bonds. The van der Waals surface area contributed by atoms with Gasteiger partial charge in [-0.1, -0.05) is 29.4 Å². The van der Waals surface area contributed by atoms with Gasteiger partial charge < -0.3 is 0 Å². The van der Waals surface area contributed by atoms with E-state index in [9.17, 15) is 4.91 Å². The van der Waals surface area contributed by atoms with Crippen molar-refractivity contribution in [1.29, 1.82) is 0 Å². The van der Waals surface area contributed by atoms with Gasteiger partial charge in [-0.2, -0.15) is 4.91 Å². The normalized spacial score (nSPS) is 47.1. The molecule has 3 aliphatic carbocycles. The summed E-state index contributed by atoms with van der Waals surface area (Å²) in [4.78, 5) is 10.9. The zero-order chi connectivity index (χ0) is 10.9. The van der Waals surface area contributed by atoms with Crippen molar-refractivity contribution in [3.8, 4) is 0 Å². The Bertz CT molecular complexity index is 475. The third-order valence-electron chi connectivity index (χ3n) is 4.86. The zero-order valence-corrected chi connectivity index (χ0v) is 9.47. The molecule has 2 saturated carbocycles. The Morgan fingerprint density at radius 1 is 1.12 bits per heavy atom. The molecule has 1 aromatic rings. The number of rotatable bonds is 1. The van der Waals surface area contributed by atoms with Gasteiger partial charge in [-0.05, 0) is 41.2 Å². The second-order valence-corrected chi connectivity index (χ2v) is 5.79. The van der Waals surface area contributed by atoms with Gasteiger partial charge in [-0.25, -0.2) is 0 Å². The highest BCUT2D eigenvalue weighted by Gasteiger charge is 2.63. The standard InChI is InChI=1S/C13H12ClNO/c14-12-8-5-9(13(12)15-16)11-7-4-2-1-3-6(7)10(8)11/h1-4,8-13H,5H2. The van der Waals surface area contributed by atoms with E-state index < -0.39 is 0 Å². The molecule has 2 fully saturated rings. The Kier molecular flexibility index (Phi) is 1.64. The van der Waals surface area contributed by atoms with Gasteiger partial charge in [0, 0.05) is 0 Å². The molecule has 4 rings (SSSR count). The van der Waals surface area contributed by atoms with Crippen molar-refractivity contribution < 1.29 is 0 Å². The molecule has 0 N–H and O–H groups in total. The number of fused-ring (bicyclic) bond motifs is 8. The van der Waals surface area contributed by atoms with Crippen LogP contribution in [0.4, 0.5) is 0 Å². The first kappa shape index (κ1) is 9.17. The van der Waals surface area contributed by atoms with Gasteiger partial charge in [0.2, 0.25) is 0 Å². The van der Waals surface area contributed by atoms with Gasteiger partial charge in [0.25, 0.3) is 0 Å². The SMILES string of the molecule is O=NC1C(Cl)C2CC1C1c3ccccc3C21. The summed E-state index contributed by atoms with van der Waals surface area (Å²) in [6.07, 6.45) is 1.09. The molecule has 0 spiro atoms. The van der Waals surface area contributed by atoms with E-state index in [0.29, 0.717) is 23.7 Å². The maximum Gasteiger partial charge on any atom is 0.112 e. The Morgan fingerprint density at radius 2 is 1.75 bits per heavy atom. The number of benzene rings is 1. The predicted molar refractivity (Wildman–Crippen MR) is 62.7 cm³/mol. The van der Waals surface area contributed by atoms with Crippen molar-refractivity contribution in [2.45, 2.75) is 29.7 Å². The third-order valence-corrected chi connectivity index (χ3v) is 5.45. The van der Waals surface area contributed by atoms with Crippen molar-refractivity contribution in [2.24, 2.45) is 17.0 Å². The van der Waals surface area contributed by atoms with Crippen molar-refractivity contribution in [3.05, 3.63) is 40.3 Å². The third kappa shape index (κ3) is 0.831. The van der Waals surface area contributed by atoms with E-state index in [1.54, 1.807) is 0 Å². The molecule has 82 valence electrons. The zero-order valence-electron chi connectivity index (χ0n) is 8.71. The molecule has 6 unspecified atom stereocenters. The van der Waals surface area contributed by atoms with Crippen LogP contribution in [0.3, 0.4) is 0 Å². The number of halogens is 1. The molecule has 1 aromatic carbocycles. The molecule has 0 saturated heterocycles. The van der Waals surface area contributed by atoms with Gasteiger partial charge in [-0.15, -0.1) is 11.6 Å². The van der Waals surface area contributed by atoms with Crippen molar-refractivity contribution in [3.63, 3.8) is 0 Å². The molecule has 6 atom stereocenters. The molecule has 0 aliphatic heterocycles. The summed E-state index contributed by atoms with van der Waals surface area (Å²) in [7, 11) is 0. The average molecular weight is 234 g/mol. The number of alkyl halides is 1. The van der Waals surface area contributed by atoms with Crippen LogP contribution in [0.15, 0.2) is 29.4 Å². The second-order valence-electron chi connectivity index (χ2n) is 5.28. The van der Waals surface area contributed by atoms with Crippen LogP contribution in [0.5, 0.6) is 0 Å². The highest BCUT2D eigenvalue weighted by atomic mass is 35.5. The van der Waals surface area contributed by atoms with Crippen LogP contribution in [0.2, 0.25) is 0 Å². The van der Waals surface area contributed by atoms with Gasteiger partial charge in [-0.3, -0.25) is 0 Å². The molecule has 16 heavy (non-hydrogen) atoms. The Labute approximate surface area is 99.0 Å². The van der Waals surface area contributed by atoms with Crippen LogP contribution in [-0.2, 0) is 0 Å². The summed E-state index contributed by atoms with van der Waals surface area (Å²) < 4.78 is 0. The molecule has 0 aromatic heterocycles. The van der Waals surface area contributed by atoms with Crippen molar-refractivity contribution in [1.82, 2.24) is 0 Å². The number of nitroso groups, excluding NO2 is 1. The van der Waals surface area contributed by atoms with Crippen molar-refractivity contribution >= 4 is 11.6 Å². The summed E-state index contributed by atoms with van der Waals surface area (Å²) >= 11 is 6.34. The van der Waals surface area contributed by atoms with E-state index >= 15 is 0 Å². The van der Waals surface area contributed by atoms with Gasteiger partial charge >= 0.3 is 0 Å². The highest BCUT2D eigenvalue weighted by molar-refractivity contribution is 6.21. The minimum atomic E-state index is -0.152. The largest absolute Gasteiger partial charge is 0.150 e. The highest BCUT2D eigenvalue weighted by Crippen LogP contribution is 2.68. The quantitative estimate of drug-likeness (QED) is 0.541. The van der Waals surface area contributed by atoms with Gasteiger partial charge in [0.15, 0.2) is 0 Å². The first-order valence-electron chi connectivity index (χ1n) is 5.88. The number of hydrogen-bond acceptors (Lipinski definition) is 2. The molecule has 3 aliphatic rings. The van der Waals surface area contributed by atoms with Crippen LogP contribution in [0.25, 0.3) is 0 Å². The van der Waals surface area contributed by atoms with Crippen LogP contribution < -0.4 is 0 Å². The molecule has 3 heteroatoms. The maximum absolute atomic E-state index is 10.9. The lowest BCUT2D eigenvalue weighted by Crippen LogP contribution is -2.41. The molecular formula is C13H12ClNO. The van der Waals surface area contributed by atoms with Gasteiger partial charge in [0.05, 0.1) is 5.38 Å². The Hall–Kier alpha value is -0.890. The van der Waals surface area contributed by atoms with Gasteiger partial charge in [0.1, 0.15) is 6.04 Å². The molecule has 0 heterocycles. The Morgan fingerprint density at radius 3 is 2.38 bits per heavy atom. The lowest BCUT2D eigenvalue weighted by Gasteiger charge is -2.45. The Balaban J connectivity index is 1.82. The monoisotopic (exact) mass is 233 g/mol. The average Bonchev–Trinajstić information content (AvgIpc) is 2.76. The molecule has 2 bridgehead atoms. The van der Waals surface area contributed by atoms with Crippen molar-refractivity contribution in [2.75, 3.05) is 0 Å². The number of hydrogen-bond donors (Lipinski definition) is 0. The topological polar surface area (TPSA) is 29.4 Å². The van der Waals surface area contributed by atoms with E-state index in [0.717, 1.165) is 6.42 Å². The lowest BCUT2D eigenvalue weighted by molar-refractivity contribution is 0.295. The van der Waals surface area contributed by atoms with Crippen LogP contribution in [0, 0.1) is 16.7 Å². The summed E-state index contributed by atoms with van der Waals surface area (Å²) in [6.45, 7) is 0. The smallest absolute Gasteiger partial charge is 0.112 e. The lowest BCUT2D eigenvalue weighted by atomic mass is 9.60. The maximum atomic E-state index is 10.9. The molecule has 0 radical (unpaired) electrons. The van der Waals surface area contributed by atoms with Crippen LogP contribution in [0.1, 0.15) is 29.4 Å². The van der Waals surface area contributed by atoms with E-state index in [1.165, 1.54) is 11.1 Å². The van der Waals surface area contributed by atoms with Crippen LogP contribution in [-0.4, -0.2) is 11.4 Å². The number of nitrogens with zero attached hydrogens (tertiary/aromatic N) is 1. The summed E-state index contributed by atoms with van der Waals surface area (Å²) in [5.41, 5.74) is 2.91. The van der Waals surface area contributed by atoms with Crippen LogP contribution >= 0.6 is 11.6 Å². The fourth-order valence-corrected chi connectivity index (χ4v) is 4.81. The molecule has 2 nitrogen and oxygen atoms in total. The van der Waals surface area contributed by atoms with E-state index in [1.807, 2.05) is 0 Å². The molecular weight excluding hydrogens is 222 g/mol.